The average Bonchev–Trinajstić information content (AvgIpc) is 2.87. The number of aliphatic carboxylic acids is 1. The van der Waals surface area contributed by atoms with Crippen LogP contribution in [0.15, 0.2) is 12.2 Å². The van der Waals surface area contributed by atoms with Crippen molar-refractivity contribution in [2.75, 3.05) is 7.05 Å². The molecule has 3 N–H and O–H groups in total. The molecule has 0 spiro atoms. The number of nitrogens with zero attached hydrogens (tertiary/aromatic N) is 1. The minimum absolute atomic E-state index is 0.149. The van der Waals surface area contributed by atoms with Crippen molar-refractivity contribution >= 4 is 12.0 Å². The molecule has 20 heavy (non-hydrogen) atoms. The number of aliphatic hydroxyl groups excluding tert-OH is 1. The number of carboxylic acid groups (broad SMARTS) is 1. The molecule has 112 valence electrons. The van der Waals surface area contributed by atoms with Crippen molar-refractivity contribution in [1.82, 2.24) is 10.2 Å². The Hall–Kier alpha value is -1.56. The van der Waals surface area contributed by atoms with Gasteiger partial charge in [-0.1, -0.05) is 25.0 Å². The van der Waals surface area contributed by atoms with Crippen molar-refractivity contribution in [1.29, 1.82) is 0 Å². The number of hydrogen-bond acceptors (Lipinski definition) is 3. The summed E-state index contributed by atoms with van der Waals surface area (Å²) in [4.78, 5) is 24.5. The Morgan fingerprint density at radius 2 is 1.95 bits per heavy atom. The summed E-state index contributed by atoms with van der Waals surface area (Å²) in [7, 11) is 1.68. The highest BCUT2D eigenvalue weighted by atomic mass is 16.4. The van der Waals surface area contributed by atoms with Gasteiger partial charge in [-0.15, -0.1) is 0 Å². The summed E-state index contributed by atoms with van der Waals surface area (Å²) in [5, 5.41) is 21.7. The third kappa shape index (κ3) is 3.30. The van der Waals surface area contributed by atoms with E-state index >= 15 is 0 Å². The first-order valence-electron chi connectivity index (χ1n) is 7.11. The lowest BCUT2D eigenvalue weighted by atomic mass is 9.92. The van der Waals surface area contributed by atoms with Crippen LogP contribution in [0.2, 0.25) is 0 Å². The summed E-state index contributed by atoms with van der Waals surface area (Å²) in [6.45, 7) is 0. The van der Waals surface area contributed by atoms with Crippen molar-refractivity contribution in [3.63, 3.8) is 0 Å². The SMILES string of the molecule is CN(C(=O)NC1C=CC(C(=O)O)C1)C1CCCCC1O. The topological polar surface area (TPSA) is 89.9 Å². The van der Waals surface area contributed by atoms with Crippen LogP contribution in [0.1, 0.15) is 32.1 Å². The van der Waals surface area contributed by atoms with Crippen LogP contribution in [0.5, 0.6) is 0 Å². The van der Waals surface area contributed by atoms with Gasteiger partial charge in [0.1, 0.15) is 0 Å². The molecule has 0 bridgehead atoms. The number of carboxylic acids is 1. The van der Waals surface area contributed by atoms with Gasteiger partial charge in [-0.2, -0.15) is 0 Å². The molecular weight excluding hydrogens is 260 g/mol. The highest BCUT2D eigenvalue weighted by molar-refractivity contribution is 5.76. The molecule has 0 aromatic heterocycles. The highest BCUT2D eigenvalue weighted by Crippen LogP contribution is 2.23. The molecule has 0 saturated heterocycles. The highest BCUT2D eigenvalue weighted by Gasteiger charge is 2.31. The number of rotatable bonds is 3. The second kappa shape index (κ2) is 6.26. The molecule has 2 amide bonds. The van der Waals surface area contributed by atoms with Gasteiger partial charge >= 0.3 is 12.0 Å². The van der Waals surface area contributed by atoms with Gasteiger partial charge in [0.05, 0.1) is 24.1 Å². The van der Waals surface area contributed by atoms with Gasteiger partial charge in [0.2, 0.25) is 0 Å². The third-order valence-corrected chi connectivity index (χ3v) is 4.22. The average molecular weight is 282 g/mol. The van der Waals surface area contributed by atoms with Crippen molar-refractivity contribution in [2.24, 2.45) is 5.92 Å². The first-order chi connectivity index (χ1) is 9.49. The zero-order chi connectivity index (χ0) is 14.7. The Morgan fingerprint density at radius 1 is 1.25 bits per heavy atom. The van der Waals surface area contributed by atoms with E-state index in [2.05, 4.69) is 5.32 Å². The van der Waals surface area contributed by atoms with E-state index in [0.29, 0.717) is 6.42 Å². The smallest absolute Gasteiger partial charge is 0.317 e. The van der Waals surface area contributed by atoms with Crippen LogP contribution in [0, 0.1) is 5.92 Å². The number of urea groups is 1. The molecule has 1 fully saturated rings. The zero-order valence-electron chi connectivity index (χ0n) is 11.7. The molecular formula is C14H22N2O4. The van der Waals surface area contributed by atoms with E-state index in [4.69, 9.17) is 5.11 Å². The van der Waals surface area contributed by atoms with Gasteiger partial charge in [0, 0.05) is 7.05 Å². The normalized spacial score (nSPS) is 32.9. The molecule has 4 unspecified atom stereocenters. The number of likely N-dealkylation sites (N-methyl/N-ethyl adjacent to an activating group) is 1. The molecule has 2 aliphatic rings. The maximum absolute atomic E-state index is 12.1. The zero-order valence-corrected chi connectivity index (χ0v) is 11.7. The lowest BCUT2D eigenvalue weighted by Crippen LogP contribution is -2.51. The number of carbonyl (C=O) groups excluding carboxylic acids is 1. The second-order valence-corrected chi connectivity index (χ2v) is 5.65. The van der Waals surface area contributed by atoms with Gasteiger partial charge in [-0.05, 0) is 19.3 Å². The maximum Gasteiger partial charge on any atom is 0.317 e. The van der Waals surface area contributed by atoms with E-state index in [1.807, 2.05) is 0 Å². The number of hydrogen-bond donors (Lipinski definition) is 3. The fourth-order valence-electron chi connectivity index (χ4n) is 2.94. The van der Waals surface area contributed by atoms with Crippen molar-refractivity contribution in [3.8, 4) is 0 Å². The van der Waals surface area contributed by atoms with E-state index in [1.54, 1.807) is 24.1 Å². The van der Waals surface area contributed by atoms with Gasteiger partial charge in [-0.3, -0.25) is 4.79 Å². The summed E-state index contributed by atoms with van der Waals surface area (Å²) in [5.74, 6) is -1.39. The molecule has 1 saturated carbocycles. The fourth-order valence-corrected chi connectivity index (χ4v) is 2.94. The summed E-state index contributed by atoms with van der Waals surface area (Å²) < 4.78 is 0. The van der Waals surface area contributed by atoms with Crippen molar-refractivity contribution in [3.05, 3.63) is 12.2 Å². The molecule has 2 aliphatic carbocycles. The van der Waals surface area contributed by atoms with Crippen LogP contribution >= 0.6 is 0 Å². The number of carbonyl (C=O) groups is 2. The van der Waals surface area contributed by atoms with Crippen LogP contribution < -0.4 is 5.32 Å². The maximum atomic E-state index is 12.1. The second-order valence-electron chi connectivity index (χ2n) is 5.65. The Labute approximate surface area is 118 Å². The molecule has 0 aromatic rings. The summed E-state index contributed by atoms with van der Waals surface area (Å²) in [6, 6.07) is -0.646. The third-order valence-electron chi connectivity index (χ3n) is 4.22. The molecule has 6 nitrogen and oxygen atoms in total. The molecule has 0 heterocycles. The lowest BCUT2D eigenvalue weighted by Gasteiger charge is -2.35. The van der Waals surface area contributed by atoms with E-state index in [9.17, 15) is 14.7 Å². The Balaban J connectivity index is 1.86. The predicted molar refractivity (Wildman–Crippen MR) is 73.2 cm³/mol. The first kappa shape index (κ1) is 14.8. The van der Waals surface area contributed by atoms with E-state index in [1.165, 1.54) is 0 Å². The standard InChI is InChI=1S/C14H22N2O4/c1-16(11-4-2-3-5-12(11)17)14(20)15-10-7-6-9(8-10)13(18)19/h6-7,9-12,17H,2-5,8H2,1H3,(H,15,20)(H,18,19). The number of amides is 2. The van der Waals surface area contributed by atoms with E-state index in [-0.39, 0.29) is 18.1 Å². The Bertz CT molecular complexity index is 410. The summed E-state index contributed by atoms with van der Waals surface area (Å²) in [6.07, 6.45) is 6.82. The minimum Gasteiger partial charge on any atom is -0.481 e. The molecule has 4 atom stereocenters. The van der Waals surface area contributed by atoms with Gasteiger partial charge in [-0.25, -0.2) is 4.79 Å². The number of aliphatic hydroxyl groups is 1. The van der Waals surface area contributed by atoms with Gasteiger partial charge < -0.3 is 20.4 Å². The van der Waals surface area contributed by atoms with Gasteiger partial charge in [0.15, 0.2) is 0 Å². The molecule has 0 aliphatic heterocycles. The lowest BCUT2D eigenvalue weighted by molar-refractivity contribution is -0.140. The Morgan fingerprint density at radius 3 is 2.55 bits per heavy atom. The van der Waals surface area contributed by atoms with Crippen LogP contribution in [0.4, 0.5) is 4.79 Å². The van der Waals surface area contributed by atoms with Crippen molar-refractivity contribution in [2.45, 2.75) is 50.3 Å². The minimum atomic E-state index is -0.867. The van der Waals surface area contributed by atoms with Gasteiger partial charge in [0.25, 0.3) is 0 Å². The number of nitrogens with one attached hydrogen (secondary N) is 1. The van der Waals surface area contributed by atoms with Crippen molar-refractivity contribution < 1.29 is 19.8 Å². The predicted octanol–water partition coefficient (Wildman–Crippen LogP) is 0.961. The fraction of sp³-hybridized carbons (Fsp3) is 0.714. The summed E-state index contributed by atoms with van der Waals surface area (Å²) in [5.41, 5.74) is 0. The monoisotopic (exact) mass is 282 g/mol. The van der Waals surface area contributed by atoms with E-state index in [0.717, 1.165) is 25.7 Å². The van der Waals surface area contributed by atoms with Crippen LogP contribution in [0.25, 0.3) is 0 Å². The van der Waals surface area contributed by atoms with Crippen LogP contribution in [0.3, 0.4) is 0 Å². The van der Waals surface area contributed by atoms with E-state index < -0.39 is 18.0 Å². The quantitative estimate of drug-likeness (QED) is 0.673. The van der Waals surface area contributed by atoms with Crippen LogP contribution in [-0.2, 0) is 4.79 Å². The largest absolute Gasteiger partial charge is 0.481 e. The molecule has 0 radical (unpaired) electrons. The summed E-state index contributed by atoms with van der Waals surface area (Å²) >= 11 is 0. The van der Waals surface area contributed by atoms with Crippen LogP contribution in [-0.4, -0.2) is 52.3 Å². The molecule has 0 aromatic carbocycles. The molecule has 6 heteroatoms. The molecule has 2 rings (SSSR count). The first-order valence-corrected chi connectivity index (χ1v) is 7.11. The Kier molecular flexibility index (Phi) is 4.65.